The van der Waals surface area contributed by atoms with Crippen molar-refractivity contribution in [2.24, 2.45) is 0 Å². The highest BCUT2D eigenvalue weighted by atomic mass is 32.2. The summed E-state index contributed by atoms with van der Waals surface area (Å²) in [7, 11) is -8.62. The molecule has 1 unspecified atom stereocenters. The molecule has 32 heavy (non-hydrogen) atoms. The van der Waals surface area contributed by atoms with Crippen LogP contribution in [-0.2, 0) is 36.6 Å². The molecule has 178 valence electrons. The number of benzene rings is 2. The van der Waals surface area contributed by atoms with Gasteiger partial charge in [0.05, 0.1) is 13.2 Å². The Morgan fingerprint density at radius 1 is 0.906 bits per heavy atom. The molecule has 0 fully saturated rings. The van der Waals surface area contributed by atoms with Gasteiger partial charge in [0.2, 0.25) is 0 Å². The van der Waals surface area contributed by atoms with Crippen LogP contribution in [0.3, 0.4) is 0 Å². The first kappa shape index (κ1) is 26.6. The molecule has 0 heterocycles. The fourth-order valence-corrected chi connectivity index (χ4v) is 7.19. The molecule has 2 rings (SSSR count). The molecular formula is C23H33O7PS. The SMILES string of the molecule is CCCc1ccc(Oc2cccc(CCCC(P(=O)(OCC)OCC)S(=O)(=O)O)c2)cc1. The molecule has 1 atom stereocenters. The predicted molar refractivity (Wildman–Crippen MR) is 126 cm³/mol. The van der Waals surface area contributed by atoms with Gasteiger partial charge < -0.3 is 13.8 Å². The summed E-state index contributed by atoms with van der Waals surface area (Å²) in [5.74, 6) is 1.41. The highest BCUT2D eigenvalue weighted by Gasteiger charge is 2.44. The maximum Gasteiger partial charge on any atom is 0.351 e. The minimum Gasteiger partial charge on any atom is -0.457 e. The van der Waals surface area contributed by atoms with Crippen LogP contribution in [0, 0.1) is 0 Å². The topological polar surface area (TPSA) is 99.1 Å². The van der Waals surface area contributed by atoms with Gasteiger partial charge in [0, 0.05) is 0 Å². The van der Waals surface area contributed by atoms with Crippen LogP contribution in [0.15, 0.2) is 48.5 Å². The molecule has 0 aliphatic rings. The lowest BCUT2D eigenvalue weighted by atomic mass is 10.1. The molecule has 2 aromatic rings. The predicted octanol–water partition coefficient (Wildman–Crippen LogP) is 6.23. The Labute approximate surface area is 191 Å². The second kappa shape index (κ2) is 12.5. The van der Waals surface area contributed by atoms with E-state index in [9.17, 15) is 17.5 Å². The second-order valence-corrected chi connectivity index (χ2v) is 11.5. The standard InChI is InChI=1S/C23H33O7PS/c1-4-9-19-14-16-21(17-15-19)30-22-12-7-10-20(18-22)11-8-13-23(32(25,26)27)31(24,28-5-2)29-6-3/h7,10,12,14-18,23H,4-6,8-9,11,13H2,1-3H3,(H,25,26,27). The molecule has 0 bridgehead atoms. The smallest absolute Gasteiger partial charge is 0.351 e. The van der Waals surface area contributed by atoms with Crippen molar-refractivity contribution < 1.29 is 31.3 Å². The molecule has 0 aliphatic carbocycles. The number of aryl methyl sites for hydroxylation is 2. The van der Waals surface area contributed by atoms with Crippen molar-refractivity contribution in [2.75, 3.05) is 13.2 Å². The van der Waals surface area contributed by atoms with E-state index in [1.54, 1.807) is 13.8 Å². The van der Waals surface area contributed by atoms with Gasteiger partial charge in [-0.2, -0.15) is 8.42 Å². The van der Waals surface area contributed by atoms with Crippen molar-refractivity contribution in [1.29, 1.82) is 0 Å². The van der Waals surface area contributed by atoms with E-state index in [2.05, 4.69) is 6.92 Å². The summed E-state index contributed by atoms with van der Waals surface area (Å²) in [4.78, 5) is -1.61. The Morgan fingerprint density at radius 2 is 1.56 bits per heavy atom. The molecule has 0 radical (unpaired) electrons. The maximum atomic E-state index is 12.9. The van der Waals surface area contributed by atoms with E-state index in [0.717, 1.165) is 24.2 Å². The molecule has 7 nitrogen and oxygen atoms in total. The van der Waals surface area contributed by atoms with Crippen molar-refractivity contribution in [2.45, 2.75) is 57.9 Å². The van der Waals surface area contributed by atoms with E-state index < -0.39 is 22.7 Å². The summed E-state index contributed by atoms with van der Waals surface area (Å²) in [5.41, 5.74) is 2.19. The molecule has 2 aromatic carbocycles. The van der Waals surface area contributed by atoms with Crippen LogP contribution in [0.4, 0.5) is 0 Å². The summed E-state index contributed by atoms with van der Waals surface area (Å²) >= 11 is 0. The van der Waals surface area contributed by atoms with Crippen LogP contribution in [0.2, 0.25) is 0 Å². The summed E-state index contributed by atoms with van der Waals surface area (Å²) in [6.07, 6.45) is 2.94. The zero-order valence-electron chi connectivity index (χ0n) is 18.9. The first-order chi connectivity index (χ1) is 15.2. The largest absolute Gasteiger partial charge is 0.457 e. The number of ether oxygens (including phenoxy) is 1. The average molecular weight is 485 g/mol. The Bertz CT molecular complexity index is 980. The highest BCUT2D eigenvalue weighted by Crippen LogP contribution is 2.56. The van der Waals surface area contributed by atoms with Crippen LogP contribution in [-0.4, -0.2) is 31.2 Å². The fourth-order valence-electron chi connectivity index (χ4n) is 3.43. The molecule has 0 amide bonds. The van der Waals surface area contributed by atoms with E-state index in [-0.39, 0.29) is 19.6 Å². The van der Waals surface area contributed by atoms with Crippen molar-refractivity contribution >= 4 is 17.7 Å². The molecule has 0 saturated carbocycles. The average Bonchev–Trinajstić information content (AvgIpc) is 2.72. The monoisotopic (exact) mass is 484 g/mol. The summed E-state index contributed by atoms with van der Waals surface area (Å²) < 4.78 is 62.6. The van der Waals surface area contributed by atoms with Gasteiger partial charge in [0.15, 0.2) is 4.99 Å². The van der Waals surface area contributed by atoms with Crippen LogP contribution >= 0.6 is 7.60 Å². The van der Waals surface area contributed by atoms with Crippen molar-refractivity contribution in [3.8, 4) is 11.5 Å². The third-order valence-corrected chi connectivity index (χ3v) is 9.52. The zero-order valence-corrected chi connectivity index (χ0v) is 20.6. The highest BCUT2D eigenvalue weighted by molar-refractivity contribution is 7.94. The minimum absolute atomic E-state index is 0.0160. The Kier molecular flexibility index (Phi) is 10.4. The van der Waals surface area contributed by atoms with Gasteiger partial charge in [-0.25, -0.2) is 0 Å². The lowest BCUT2D eigenvalue weighted by molar-refractivity contribution is 0.215. The summed E-state index contributed by atoms with van der Waals surface area (Å²) in [6, 6.07) is 15.5. The molecule has 9 heteroatoms. The van der Waals surface area contributed by atoms with Crippen LogP contribution < -0.4 is 4.74 Å². The Hall–Kier alpha value is -1.70. The molecule has 0 spiro atoms. The van der Waals surface area contributed by atoms with E-state index in [1.165, 1.54) is 5.56 Å². The number of hydrogen-bond donors (Lipinski definition) is 1. The molecule has 1 N–H and O–H groups in total. The number of hydrogen-bond acceptors (Lipinski definition) is 6. The van der Waals surface area contributed by atoms with E-state index >= 15 is 0 Å². The summed E-state index contributed by atoms with van der Waals surface area (Å²) in [6.45, 7) is 5.36. The molecule has 0 aromatic heterocycles. The first-order valence-corrected chi connectivity index (χ1v) is 14.0. The normalized spacial score (nSPS) is 13.1. The van der Waals surface area contributed by atoms with Gasteiger partial charge in [0.25, 0.3) is 10.1 Å². The maximum absolute atomic E-state index is 12.9. The quantitative estimate of drug-likeness (QED) is 0.250. The zero-order chi connectivity index (χ0) is 23.6. The fraction of sp³-hybridized carbons (Fsp3) is 0.478. The van der Waals surface area contributed by atoms with Gasteiger partial charge in [-0.05, 0) is 74.9 Å². The third kappa shape index (κ3) is 8.01. The molecule has 0 saturated heterocycles. The molecular weight excluding hydrogens is 451 g/mol. The van der Waals surface area contributed by atoms with E-state index in [1.807, 2.05) is 48.5 Å². The minimum atomic E-state index is -4.62. The van der Waals surface area contributed by atoms with E-state index in [0.29, 0.717) is 18.6 Å². The molecule has 0 aliphatic heterocycles. The van der Waals surface area contributed by atoms with Gasteiger partial charge in [-0.15, -0.1) is 0 Å². The number of rotatable bonds is 14. The van der Waals surface area contributed by atoms with Crippen LogP contribution in [0.25, 0.3) is 0 Å². The van der Waals surface area contributed by atoms with Gasteiger partial charge >= 0.3 is 7.60 Å². The third-order valence-electron chi connectivity index (χ3n) is 4.83. The Morgan fingerprint density at radius 3 is 2.12 bits per heavy atom. The van der Waals surface area contributed by atoms with Crippen LogP contribution in [0.5, 0.6) is 11.5 Å². The first-order valence-electron chi connectivity index (χ1n) is 10.9. The van der Waals surface area contributed by atoms with Gasteiger partial charge in [-0.3, -0.25) is 9.12 Å². The summed E-state index contributed by atoms with van der Waals surface area (Å²) in [5, 5.41) is 0. The second-order valence-electron chi connectivity index (χ2n) is 7.38. The lowest BCUT2D eigenvalue weighted by Crippen LogP contribution is -2.23. The van der Waals surface area contributed by atoms with Gasteiger partial charge in [0.1, 0.15) is 11.5 Å². The van der Waals surface area contributed by atoms with Crippen LogP contribution in [0.1, 0.15) is 51.2 Å². The van der Waals surface area contributed by atoms with Crippen molar-refractivity contribution in [3.05, 3.63) is 59.7 Å². The van der Waals surface area contributed by atoms with E-state index in [4.69, 9.17) is 13.8 Å². The van der Waals surface area contributed by atoms with Crippen molar-refractivity contribution in [3.63, 3.8) is 0 Å². The lowest BCUT2D eigenvalue weighted by Gasteiger charge is -2.24. The van der Waals surface area contributed by atoms with Crippen molar-refractivity contribution in [1.82, 2.24) is 0 Å². The Balaban J connectivity index is 2.04. The van der Waals surface area contributed by atoms with Gasteiger partial charge in [-0.1, -0.05) is 37.6 Å².